The smallest absolute Gasteiger partial charge is 0.0375 e. The average molecular weight is 235 g/mol. The molecule has 3 nitrogen and oxygen atoms in total. The van der Waals surface area contributed by atoms with Crippen LogP contribution >= 0.6 is 0 Å². The molecular formula is C7H6N3Rh-. The maximum Gasteiger partial charge on any atom is 0.0375 e. The van der Waals surface area contributed by atoms with Gasteiger partial charge in [0.15, 0.2) is 0 Å². The first kappa shape index (κ1) is 8.34. The summed E-state index contributed by atoms with van der Waals surface area (Å²) in [5, 5.41) is 4.04. The summed E-state index contributed by atoms with van der Waals surface area (Å²) in [6.45, 7) is 1.97. The molecule has 59 valence electrons. The molecule has 0 N–H and O–H groups in total. The first-order valence-electron chi connectivity index (χ1n) is 3.04. The molecule has 0 saturated heterocycles. The van der Waals surface area contributed by atoms with E-state index < -0.39 is 0 Å². The summed E-state index contributed by atoms with van der Waals surface area (Å²) in [5.74, 6) is 0. The molecule has 2 heterocycles. The molecule has 2 aromatic heterocycles. The van der Waals surface area contributed by atoms with Gasteiger partial charge >= 0.3 is 0 Å². The molecule has 0 bridgehead atoms. The van der Waals surface area contributed by atoms with Gasteiger partial charge in [0, 0.05) is 37.0 Å². The van der Waals surface area contributed by atoms with Crippen molar-refractivity contribution >= 4 is 5.65 Å². The van der Waals surface area contributed by atoms with Gasteiger partial charge in [0.05, 0.1) is 0 Å². The fourth-order valence-corrected chi connectivity index (χ4v) is 0.901. The number of nitrogens with zero attached hydrogens (tertiary/aromatic N) is 3. The van der Waals surface area contributed by atoms with Crippen LogP contribution in [0.1, 0.15) is 5.69 Å². The normalized spacial score (nSPS) is 9.55. The summed E-state index contributed by atoms with van der Waals surface area (Å²) in [5.41, 5.74) is 1.89. The van der Waals surface area contributed by atoms with Crippen LogP contribution in [0.5, 0.6) is 0 Å². The van der Waals surface area contributed by atoms with Crippen molar-refractivity contribution in [3.05, 3.63) is 30.2 Å². The third-order valence-corrected chi connectivity index (χ3v) is 1.39. The Morgan fingerprint density at radius 1 is 1.55 bits per heavy atom. The fourth-order valence-electron chi connectivity index (χ4n) is 0.901. The minimum atomic E-state index is 0. The number of hydrogen-bond donors (Lipinski definition) is 0. The standard InChI is InChI=1S/C7H6N3.Rh/c1-6-5-8-7-3-2-4-9-10(6)7;/h3-5H,1H3;/q-1;. The molecule has 0 atom stereocenters. The van der Waals surface area contributed by atoms with Crippen LogP contribution < -0.4 is 0 Å². The Labute approximate surface area is 77.2 Å². The van der Waals surface area contributed by atoms with Gasteiger partial charge in [-0.05, 0) is 13.1 Å². The van der Waals surface area contributed by atoms with Crippen LogP contribution in [-0.4, -0.2) is 14.6 Å². The third kappa shape index (κ3) is 1.31. The summed E-state index contributed by atoms with van der Waals surface area (Å²) in [4.78, 5) is 4.09. The van der Waals surface area contributed by atoms with Gasteiger partial charge in [-0.15, -0.1) is 0 Å². The van der Waals surface area contributed by atoms with Crippen molar-refractivity contribution in [2.24, 2.45) is 0 Å². The fraction of sp³-hybridized carbons (Fsp3) is 0.143. The summed E-state index contributed by atoms with van der Waals surface area (Å²) in [6.07, 6.45) is 3.41. The van der Waals surface area contributed by atoms with Crippen LogP contribution in [0.15, 0.2) is 18.5 Å². The third-order valence-electron chi connectivity index (χ3n) is 1.39. The number of imidazole rings is 1. The number of hydrogen-bond acceptors (Lipinski definition) is 2. The van der Waals surface area contributed by atoms with E-state index >= 15 is 0 Å². The number of aryl methyl sites for hydroxylation is 1. The molecule has 4 heteroatoms. The van der Waals surface area contributed by atoms with Crippen molar-refractivity contribution in [1.29, 1.82) is 0 Å². The number of rotatable bonds is 0. The van der Waals surface area contributed by atoms with Crippen molar-refractivity contribution in [3.8, 4) is 0 Å². The second-order valence-electron chi connectivity index (χ2n) is 2.13. The monoisotopic (exact) mass is 235 g/mol. The summed E-state index contributed by atoms with van der Waals surface area (Å²) < 4.78 is 1.77. The molecule has 0 aliphatic heterocycles. The predicted molar refractivity (Wildman–Crippen MR) is 36.6 cm³/mol. The van der Waals surface area contributed by atoms with Crippen LogP contribution in [0.2, 0.25) is 0 Å². The van der Waals surface area contributed by atoms with E-state index in [2.05, 4.69) is 16.1 Å². The first-order chi connectivity index (χ1) is 4.88. The van der Waals surface area contributed by atoms with Gasteiger partial charge < -0.3 is 4.98 Å². The van der Waals surface area contributed by atoms with Crippen molar-refractivity contribution in [1.82, 2.24) is 14.6 Å². The van der Waals surface area contributed by atoms with Crippen LogP contribution in [0.3, 0.4) is 0 Å². The first-order valence-corrected chi connectivity index (χ1v) is 3.04. The van der Waals surface area contributed by atoms with E-state index in [4.69, 9.17) is 0 Å². The zero-order chi connectivity index (χ0) is 6.97. The van der Waals surface area contributed by atoms with Gasteiger partial charge in [-0.25, -0.2) is 11.2 Å². The van der Waals surface area contributed by atoms with E-state index in [1.54, 1.807) is 23.0 Å². The second kappa shape index (κ2) is 3.10. The molecular weight excluding hydrogens is 229 g/mol. The van der Waals surface area contributed by atoms with Crippen LogP contribution in [-0.2, 0) is 19.5 Å². The topological polar surface area (TPSA) is 30.2 Å². The maximum atomic E-state index is 4.09. The Balaban J connectivity index is 0.000000605. The summed E-state index contributed by atoms with van der Waals surface area (Å²) >= 11 is 0. The largest absolute Gasteiger partial charge is 0.330 e. The van der Waals surface area contributed by atoms with Crippen molar-refractivity contribution in [3.63, 3.8) is 0 Å². The molecule has 0 amide bonds. The molecule has 0 unspecified atom stereocenters. The van der Waals surface area contributed by atoms with E-state index in [0.717, 1.165) is 11.3 Å². The van der Waals surface area contributed by atoms with Crippen molar-refractivity contribution in [2.45, 2.75) is 6.92 Å². The minimum Gasteiger partial charge on any atom is -0.330 e. The molecule has 0 saturated carbocycles. The van der Waals surface area contributed by atoms with Crippen molar-refractivity contribution in [2.75, 3.05) is 0 Å². The van der Waals surface area contributed by atoms with Gasteiger partial charge in [-0.1, -0.05) is 0 Å². The molecule has 0 spiro atoms. The quantitative estimate of drug-likeness (QED) is 0.500. The summed E-state index contributed by atoms with van der Waals surface area (Å²) in [6, 6.07) is 4.66. The van der Waals surface area contributed by atoms with E-state index in [0.29, 0.717) is 0 Å². The Bertz CT molecular complexity index is 355. The van der Waals surface area contributed by atoms with Gasteiger partial charge in [0.2, 0.25) is 0 Å². The van der Waals surface area contributed by atoms with E-state index in [1.165, 1.54) is 0 Å². The van der Waals surface area contributed by atoms with E-state index in [9.17, 15) is 0 Å². The molecule has 2 rings (SSSR count). The van der Waals surface area contributed by atoms with Gasteiger partial charge in [-0.2, -0.15) is 6.07 Å². The Hall–Kier alpha value is -0.757. The van der Waals surface area contributed by atoms with Crippen LogP contribution in [0, 0.1) is 13.0 Å². The number of aromatic nitrogens is 3. The van der Waals surface area contributed by atoms with E-state index in [1.807, 2.05) is 6.92 Å². The molecule has 2 aromatic rings. The van der Waals surface area contributed by atoms with Crippen LogP contribution in [0.25, 0.3) is 5.65 Å². The minimum absolute atomic E-state index is 0. The van der Waals surface area contributed by atoms with Gasteiger partial charge in [-0.3, -0.25) is 4.52 Å². The Kier molecular flexibility index (Phi) is 2.35. The predicted octanol–water partition coefficient (Wildman–Crippen LogP) is 0.835. The zero-order valence-electron chi connectivity index (χ0n) is 5.91. The Morgan fingerprint density at radius 2 is 2.36 bits per heavy atom. The second-order valence-corrected chi connectivity index (χ2v) is 2.13. The SMILES string of the molecule is Cc1cnc2c[c-]cnn12.[Rh]. The van der Waals surface area contributed by atoms with Crippen molar-refractivity contribution < 1.29 is 19.5 Å². The molecule has 1 radical (unpaired) electrons. The molecule has 0 fully saturated rings. The maximum absolute atomic E-state index is 4.09. The van der Waals surface area contributed by atoms with Crippen LogP contribution in [0.4, 0.5) is 0 Å². The summed E-state index contributed by atoms with van der Waals surface area (Å²) in [7, 11) is 0. The molecule has 0 aliphatic carbocycles. The van der Waals surface area contributed by atoms with E-state index in [-0.39, 0.29) is 19.5 Å². The Morgan fingerprint density at radius 3 is 3.09 bits per heavy atom. The molecule has 11 heavy (non-hydrogen) atoms. The average Bonchev–Trinajstić information content (AvgIpc) is 2.34. The molecule has 0 aliphatic rings. The zero-order valence-corrected chi connectivity index (χ0v) is 7.55. The molecule has 0 aromatic carbocycles. The van der Waals surface area contributed by atoms with Gasteiger partial charge in [0.1, 0.15) is 0 Å². The van der Waals surface area contributed by atoms with Gasteiger partial charge in [0.25, 0.3) is 0 Å². The number of fused-ring (bicyclic) bond motifs is 1.